The van der Waals surface area contributed by atoms with Gasteiger partial charge in [0.1, 0.15) is 16.3 Å². The van der Waals surface area contributed by atoms with E-state index in [4.69, 9.17) is 19.4 Å². The predicted molar refractivity (Wildman–Crippen MR) is 119 cm³/mol. The summed E-state index contributed by atoms with van der Waals surface area (Å²) in [6.45, 7) is 3.99. The van der Waals surface area contributed by atoms with Crippen molar-refractivity contribution in [3.05, 3.63) is 36.2 Å². The average Bonchev–Trinajstić information content (AvgIpc) is 3.45. The lowest BCUT2D eigenvalue weighted by Crippen LogP contribution is -2.44. The second-order valence-electron chi connectivity index (χ2n) is 8.43. The van der Waals surface area contributed by atoms with Gasteiger partial charge in [-0.15, -0.1) is 0 Å². The molecule has 0 spiro atoms. The van der Waals surface area contributed by atoms with Crippen LogP contribution in [0.3, 0.4) is 0 Å². The van der Waals surface area contributed by atoms with Gasteiger partial charge in [-0.05, 0) is 31.9 Å². The van der Waals surface area contributed by atoms with Crippen LogP contribution in [-0.2, 0) is 19.3 Å². The summed E-state index contributed by atoms with van der Waals surface area (Å²) in [5.41, 5.74) is 2.29. The summed E-state index contributed by atoms with van der Waals surface area (Å²) in [5, 5.41) is 0.961. The Morgan fingerprint density at radius 3 is 2.74 bits per heavy atom. The molecule has 1 aliphatic heterocycles. The van der Waals surface area contributed by atoms with Crippen LogP contribution in [0.2, 0.25) is 0 Å². The number of nitrogens with zero attached hydrogens (tertiary/aromatic N) is 3. The molecule has 0 radical (unpaired) electrons. The molecule has 1 aromatic carbocycles. The molecule has 3 aromatic rings. The molecular weight excluding hydrogens is 416 g/mol. The average molecular weight is 443 g/mol. The van der Waals surface area contributed by atoms with Crippen molar-refractivity contribution in [1.29, 1.82) is 0 Å². The van der Waals surface area contributed by atoms with E-state index >= 15 is 0 Å². The van der Waals surface area contributed by atoms with Crippen molar-refractivity contribution in [3.63, 3.8) is 0 Å². The molecule has 1 N–H and O–H groups in total. The van der Waals surface area contributed by atoms with E-state index in [2.05, 4.69) is 16.8 Å². The van der Waals surface area contributed by atoms with Crippen LogP contribution in [0.25, 0.3) is 22.3 Å². The van der Waals surface area contributed by atoms with Crippen molar-refractivity contribution in [1.82, 2.24) is 15.0 Å². The number of nitrogens with one attached hydrogen (secondary N) is 1. The number of methoxy groups -OCH3 is 1. The fourth-order valence-electron chi connectivity index (χ4n) is 4.38. The predicted octanol–water partition coefficient (Wildman–Crippen LogP) is 2.89. The number of hydrogen-bond acceptors (Lipinski definition) is 7. The first-order valence-corrected chi connectivity index (χ1v) is 12.3. The number of benzene rings is 1. The Labute approximate surface area is 181 Å². The normalized spacial score (nSPS) is 20.7. The second-order valence-corrected chi connectivity index (χ2v) is 10.8. The van der Waals surface area contributed by atoms with Crippen LogP contribution in [0.15, 0.2) is 30.5 Å². The van der Waals surface area contributed by atoms with Crippen molar-refractivity contribution in [3.8, 4) is 17.1 Å². The maximum Gasteiger partial charge on any atom is 0.162 e. The van der Waals surface area contributed by atoms with Gasteiger partial charge < -0.3 is 19.4 Å². The van der Waals surface area contributed by atoms with E-state index in [-0.39, 0.29) is 6.04 Å². The van der Waals surface area contributed by atoms with Gasteiger partial charge in [0, 0.05) is 47.6 Å². The highest BCUT2D eigenvalue weighted by Crippen LogP contribution is 2.52. The number of aromatic nitrogens is 3. The summed E-state index contributed by atoms with van der Waals surface area (Å²) < 4.78 is 35.5. The number of fused-ring (bicyclic) bond motifs is 1. The third kappa shape index (κ3) is 3.36. The number of rotatable bonds is 5. The lowest BCUT2D eigenvalue weighted by Gasteiger charge is -2.34. The van der Waals surface area contributed by atoms with E-state index in [1.165, 1.54) is 6.26 Å². The van der Waals surface area contributed by atoms with Crippen LogP contribution in [0.4, 0.5) is 5.82 Å². The molecule has 2 aromatic heterocycles. The molecule has 1 aliphatic carbocycles. The molecule has 1 atom stereocenters. The van der Waals surface area contributed by atoms with Crippen molar-refractivity contribution < 1.29 is 17.9 Å². The Hall–Kier alpha value is -2.65. The van der Waals surface area contributed by atoms with Gasteiger partial charge in [-0.3, -0.25) is 0 Å². The SMILES string of the molecule is COc1cc(-c2nc(N3CCOC[C@H]3C)cc(C3(S(C)(=O)=O)CC3)n2)c2cc[nH]c2c1. The Morgan fingerprint density at radius 1 is 1.26 bits per heavy atom. The highest BCUT2D eigenvalue weighted by molar-refractivity contribution is 7.91. The summed E-state index contributed by atoms with van der Waals surface area (Å²) in [4.78, 5) is 15.1. The number of ether oxygens (including phenoxy) is 2. The number of anilines is 1. The minimum atomic E-state index is -3.31. The smallest absolute Gasteiger partial charge is 0.162 e. The van der Waals surface area contributed by atoms with E-state index in [1.807, 2.05) is 30.5 Å². The molecule has 9 heteroatoms. The summed E-state index contributed by atoms with van der Waals surface area (Å²) in [7, 11) is -1.69. The maximum absolute atomic E-state index is 12.7. The van der Waals surface area contributed by atoms with Gasteiger partial charge in [-0.1, -0.05) is 0 Å². The summed E-state index contributed by atoms with van der Waals surface area (Å²) in [6.07, 6.45) is 4.33. The van der Waals surface area contributed by atoms with Gasteiger partial charge in [0.05, 0.1) is 32.1 Å². The Morgan fingerprint density at radius 2 is 2.06 bits per heavy atom. The molecule has 2 aliphatic rings. The Kier molecular flexibility index (Phi) is 4.71. The van der Waals surface area contributed by atoms with Gasteiger partial charge in [0.15, 0.2) is 15.7 Å². The van der Waals surface area contributed by atoms with Crippen molar-refractivity contribution in [2.24, 2.45) is 0 Å². The third-order valence-electron chi connectivity index (χ3n) is 6.37. The fourth-order valence-corrected chi connectivity index (χ4v) is 5.70. The minimum absolute atomic E-state index is 0.135. The number of aromatic amines is 1. The first kappa shape index (κ1) is 20.3. The monoisotopic (exact) mass is 442 g/mol. The van der Waals surface area contributed by atoms with Gasteiger partial charge >= 0.3 is 0 Å². The van der Waals surface area contributed by atoms with Crippen LogP contribution >= 0.6 is 0 Å². The van der Waals surface area contributed by atoms with Crippen LogP contribution in [0.1, 0.15) is 25.5 Å². The van der Waals surface area contributed by atoms with E-state index in [9.17, 15) is 8.42 Å². The largest absolute Gasteiger partial charge is 0.497 e. The van der Waals surface area contributed by atoms with Gasteiger partial charge in [0.25, 0.3) is 0 Å². The minimum Gasteiger partial charge on any atom is -0.497 e. The van der Waals surface area contributed by atoms with Crippen LogP contribution < -0.4 is 9.64 Å². The lowest BCUT2D eigenvalue weighted by atomic mass is 10.1. The molecule has 8 nitrogen and oxygen atoms in total. The lowest BCUT2D eigenvalue weighted by molar-refractivity contribution is 0.0985. The van der Waals surface area contributed by atoms with Crippen molar-refractivity contribution in [2.45, 2.75) is 30.6 Å². The van der Waals surface area contributed by atoms with Gasteiger partial charge in [-0.25, -0.2) is 18.4 Å². The topological polar surface area (TPSA) is 97.4 Å². The number of morpholine rings is 1. The van der Waals surface area contributed by atoms with Gasteiger partial charge in [-0.2, -0.15) is 0 Å². The van der Waals surface area contributed by atoms with E-state index in [1.54, 1.807) is 7.11 Å². The van der Waals surface area contributed by atoms with Crippen molar-refractivity contribution in [2.75, 3.05) is 38.0 Å². The van der Waals surface area contributed by atoms with Crippen LogP contribution in [-0.4, -0.2) is 62.5 Å². The third-order valence-corrected chi connectivity index (χ3v) is 8.41. The first-order valence-electron chi connectivity index (χ1n) is 10.4. The quantitative estimate of drug-likeness (QED) is 0.649. The standard InChI is InChI=1S/C22H26N4O4S/c1-14-13-30-9-8-26(14)20-12-19(22(5-6-22)31(3,27)28)24-21(25-20)17-10-15(29-2)11-18-16(17)4-7-23-18/h4,7,10-12,14,23H,5-6,8-9,13H2,1-3H3/t14-/m1/s1. The molecular formula is C22H26N4O4S. The number of hydrogen-bond donors (Lipinski definition) is 1. The van der Waals surface area contributed by atoms with E-state index in [0.717, 1.165) is 22.3 Å². The van der Waals surface area contributed by atoms with Gasteiger partial charge in [0.2, 0.25) is 0 Å². The van der Waals surface area contributed by atoms with E-state index < -0.39 is 14.6 Å². The zero-order valence-electron chi connectivity index (χ0n) is 17.9. The zero-order chi connectivity index (χ0) is 21.8. The molecule has 1 saturated carbocycles. The highest BCUT2D eigenvalue weighted by Gasteiger charge is 2.55. The molecule has 2 fully saturated rings. The molecule has 1 saturated heterocycles. The number of H-pyrrole nitrogens is 1. The van der Waals surface area contributed by atoms with Crippen LogP contribution in [0.5, 0.6) is 5.75 Å². The summed E-state index contributed by atoms with van der Waals surface area (Å²) >= 11 is 0. The van der Waals surface area contributed by atoms with Crippen molar-refractivity contribution >= 4 is 26.6 Å². The molecule has 0 unspecified atom stereocenters. The Bertz CT molecular complexity index is 1250. The number of sulfone groups is 1. The molecule has 5 rings (SSSR count). The molecule has 164 valence electrons. The molecule has 0 bridgehead atoms. The van der Waals surface area contributed by atoms with Crippen LogP contribution in [0, 0.1) is 0 Å². The maximum atomic E-state index is 12.7. The fraction of sp³-hybridized carbons (Fsp3) is 0.455. The summed E-state index contributed by atoms with van der Waals surface area (Å²) in [5.74, 6) is 1.92. The van der Waals surface area contributed by atoms with E-state index in [0.29, 0.717) is 49.9 Å². The highest BCUT2D eigenvalue weighted by atomic mass is 32.2. The second kappa shape index (κ2) is 7.20. The first-order chi connectivity index (χ1) is 14.8. The molecule has 0 amide bonds. The Balaban J connectivity index is 1.74. The molecule has 3 heterocycles. The summed E-state index contributed by atoms with van der Waals surface area (Å²) in [6, 6.07) is 7.79. The molecule has 31 heavy (non-hydrogen) atoms. The zero-order valence-corrected chi connectivity index (χ0v) is 18.7.